The van der Waals surface area contributed by atoms with Crippen LogP contribution >= 0.6 is 11.3 Å². The van der Waals surface area contributed by atoms with E-state index in [0.717, 1.165) is 4.70 Å². The number of aromatic amines is 1. The number of aromatic nitrogens is 4. The average molecular weight is 573 g/mol. The van der Waals surface area contributed by atoms with Gasteiger partial charge in [0.25, 0.3) is 0 Å². The van der Waals surface area contributed by atoms with Crippen LogP contribution in [-0.4, -0.2) is 73.0 Å². The molecule has 4 N–H and O–H groups in total. The van der Waals surface area contributed by atoms with Crippen molar-refractivity contribution >= 4 is 61.7 Å². The number of carbonyl (C=O) groups excluding carboxylic acids is 3. The number of anilines is 2. The van der Waals surface area contributed by atoms with Gasteiger partial charge in [-0.1, -0.05) is 6.07 Å². The third-order valence-corrected chi connectivity index (χ3v) is 8.47. The first kappa shape index (κ1) is 26.0. The van der Waals surface area contributed by atoms with Gasteiger partial charge in [0.15, 0.2) is 0 Å². The van der Waals surface area contributed by atoms with E-state index in [2.05, 4.69) is 25.5 Å². The van der Waals surface area contributed by atoms with Gasteiger partial charge in [-0.3, -0.25) is 19.5 Å². The number of carbonyl (C=O) groups is 3. The van der Waals surface area contributed by atoms with Crippen molar-refractivity contribution in [3.05, 3.63) is 41.7 Å². The summed E-state index contributed by atoms with van der Waals surface area (Å²) in [5.41, 5.74) is 6.85. The van der Waals surface area contributed by atoms with Gasteiger partial charge in [-0.05, 0) is 37.5 Å². The summed E-state index contributed by atoms with van der Waals surface area (Å²) < 4.78 is 42.4. The van der Waals surface area contributed by atoms with Gasteiger partial charge in [-0.2, -0.15) is 18.3 Å². The number of amides is 3. The molecule has 1 saturated carbocycles. The molecule has 2 atom stereocenters. The number of alkyl halides is 3. The average Bonchev–Trinajstić information content (AvgIpc) is 3.37. The summed E-state index contributed by atoms with van der Waals surface area (Å²) in [5.74, 6) is -2.71. The number of hydrogen-bond acceptors (Lipinski definition) is 8. The lowest BCUT2D eigenvalue weighted by Gasteiger charge is -2.46. The Morgan fingerprint density at radius 1 is 1.15 bits per heavy atom. The lowest BCUT2D eigenvalue weighted by molar-refractivity contribution is -0.201. The number of rotatable bonds is 3. The van der Waals surface area contributed by atoms with Gasteiger partial charge >= 0.3 is 18.0 Å². The molecule has 1 aliphatic heterocycles. The smallest absolute Gasteiger partial charge is 0.383 e. The van der Waals surface area contributed by atoms with Crippen LogP contribution in [-0.2, 0) is 14.4 Å². The molecule has 0 spiro atoms. The molecule has 208 valence electrons. The molecule has 1 aromatic carbocycles. The molecule has 1 aliphatic carbocycles. The van der Waals surface area contributed by atoms with E-state index >= 15 is 0 Å². The highest BCUT2D eigenvalue weighted by Gasteiger charge is 2.70. The van der Waals surface area contributed by atoms with Gasteiger partial charge < -0.3 is 20.9 Å². The second-order valence-electron chi connectivity index (χ2n) is 10.1. The Morgan fingerprint density at radius 2 is 1.93 bits per heavy atom. The minimum absolute atomic E-state index is 0.148. The number of pyridine rings is 1. The van der Waals surface area contributed by atoms with Crippen molar-refractivity contribution in [1.29, 1.82) is 0 Å². The number of benzene rings is 1. The second kappa shape index (κ2) is 9.15. The molecule has 11 nitrogen and oxygen atoms in total. The van der Waals surface area contributed by atoms with Gasteiger partial charge in [0.05, 0.1) is 50.8 Å². The van der Waals surface area contributed by atoms with Crippen LogP contribution < -0.4 is 11.1 Å². The highest BCUT2D eigenvalue weighted by Crippen LogP contribution is 2.59. The zero-order valence-corrected chi connectivity index (χ0v) is 21.8. The summed E-state index contributed by atoms with van der Waals surface area (Å²) in [4.78, 5) is 50.8. The molecule has 1 saturated heterocycles. The van der Waals surface area contributed by atoms with Crippen molar-refractivity contribution in [2.24, 2.45) is 5.41 Å². The van der Waals surface area contributed by atoms with Crippen LogP contribution in [0.4, 0.5) is 24.7 Å². The van der Waals surface area contributed by atoms with Gasteiger partial charge in [0, 0.05) is 19.1 Å². The summed E-state index contributed by atoms with van der Waals surface area (Å²) in [7, 11) is 0. The van der Waals surface area contributed by atoms with Crippen molar-refractivity contribution in [2.45, 2.75) is 38.0 Å². The number of halogens is 3. The maximum absolute atomic E-state index is 13.8. The predicted octanol–water partition coefficient (Wildman–Crippen LogP) is 3.23. The number of nitrogen functional groups attached to an aromatic ring is 1. The van der Waals surface area contributed by atoms with Gasteiger partial charge in [-0.25, -0.2) is 9.97 Å². The van der Waals surface area contributed by atoms with Crippen molar-refractivity contribution < 1.29 is 27.6 Å². The normalized spacial score (nSPS) is 20.6. The molecule has 2 aliphatic rings. The molecule has 0 radical (unpaired) electrons. The summed E-state index contributed by atoms with van der Waals surface area (Å²) in [6, 6.07) is 3.60. The number of H-pyrrole nitrogens is 1. The lowest BCUT2D eigenvalue weighted by Crippen LogP contribution is -2.60. The molecule has 15 heteroatoms. The lowest BCUT2D eigenvalue weighted by atomic mass is 9.96. The molecule has 3 aromatic heterocycles. The van der Waals surface area contributed by atoms with E-state index in [1.165, 1.54) is 33.5 Å². The number of fused-ring (bicyclic) bond motifs is 2. The van der Waals surface area contributed by atoms with E-state index < -0.39 is 41.4 Å². The maximum Gasteiger partial charge on any atom is 0.403 e. The fraction of sp³-hybridized carbons (Fsp3) is 0.360. The van der Waals surface area contributed by atoms with Crippen LogP contribution in [0.3, 0.4) is 0 Å². The Hall–Kier alpha value is -4.27. The molecule has 2 fully saturated rings. The Kier molecular flexibility index (Phi) is 5.94. The summed E-state index contributed by atoms with van der Waals surface area (Å²) >= 11 is 1.41. The number of hydrogen-bond donors (Lipinski definition) is 3. The predicted molar refractivity (Wildman–Crippen MR) is 140 cm³/mol. The molecule has 6 rings (SSSR count). The Bertz CT molecular complexity index is 1660. The monoisotopic (exact) mass is 572 g/mol. The number of nitrogens with zero attached hydrogens (tertiary/aromatic N) is 5. The molecule has 2 unspecified atom stereocenters. The topological polar surface area (TPSA) is 150 Å². The molecule has 4 heterocycles. The highest BCUT2D eigenvalue weighted by molar-refractivity contribution is 7.16. The van der Waals surface area contributed by atoms with E-state index in [-0.39, 0.29) is 37.4 Å². The van der Waals surface area contributed by atoms with E-state index in [9.17, 15) is 27.6 Å². The summed E-state index contributed by atoms with van der Waals surface area (Å²) in [5, 5.41) is 9.60. The number of thiazole rings is 1. The quantitative estimate of drug-likeness (QED) is 0.319. The molecule has 40 heavy (non-hydrogen) atoms. The zero-order chi connectivity index (χ0) is 28.4. The van der Waals surface area contributed by atoms with Crippen molar-refractivity contribution in [3.8, 4) is 0 Å². The number of piperazine rings is 1. The van der Waals surface area contributed by atoms with Crippen LogP contribution in [0.15, 0.2) is 36.1 Å². The maximum atomic E-state index is 13.8. The second-order valence-corrected chi connectivity index (χ2v) is 11.0. The fourth-order valence-electron chi connectivity index (χ4n) is 5.22. The molecule has 3 amide bonds. The number of nitrogens with one attached hydrogen (secondary N) is 2. The highest BCUT2D eigenvalue weighted by atomic mass is 32.1. The van der Waals surface area contributed by atoms with Crippen molar-refractivity contribution in [1.82, 2.24) is 30.0 Å². The van der Waals surface area contributed by atoms with E-state index in [1.54, 1.807) is 30.6 Å². The largest absolute Gasteiger partial charge is 0.403 e. The summed E-state index contributed by atoms with van der Waals surface area (Å²) in [6.45, 7) is 1.21. The van der Waals surface area contributed by atoms with Gasteiger partial charge in [0.2, 0.25) is 5.91 Å². The van der Waals surface area contributed by atoms with Crippen molar-refractivity contribution in [3.63, 3.8) is 0 Å². The van der Waals surface area contributed by atoms with Crippen LogP contribution in [0.1, 0.15) is 31.4 Å². The minimum Gasteiger partial charge on any atom is -0.383 e. The molecular weight excluding hydrogens is 549 g/mol. The first-order chi connectivity index (χ1) is 19.0. The zero-order valence-electron chi connectivity index (χ0n) is 21.0. The van der Waals surface area contributed by atoms with E-state index in [0.29, 0.717) is 22.0 Å². The Morgan fingerprint density at radius 3 is 2.65 bits per heavy atom. The first-order valence-corrected chi connectivity index (χ1v) is 13.3. The van der Waals surface area contributed by atoms with Crippen LogP contribution in [0, 0.1) is 5.41 Å². The molecular formula is C25H23F3N8O3S. The van der Waals surface area contributed by atoms with E-state index in [4.69, 9.17) is 5.73 Å². The Balaban J connectivity index is 1.32. The van der Waals surface area contributed by atoms with Crippen LogP contribution in [0.5, 0.6) is 0 Å². The van der Waals surface area contributed by atoms with Crippen LogP contribution in [0.2, 0.25) is 0 Å². The van der Waals surface area contributed by atoms with Gasteiger partial charge in [0.1, 0.15) is 11.2 Å². The third-order valence-electron chi connectivity index (χ3n) is 7.66. The summed E-state index contributed by atoms with van der Waals surface area (Å²) in [6.07, 6.45) is -2.48. The van der Waals surface area contributed by atoms with Crippen molar-refractivity contribution in [2.75, 3.05) is 24.1 Å². The molecule has 4 aromatic rings. The van der Waals surface area contributed by atoms with Crippen LogP contribution in [0.25, 0.3) is 21.1 Å². The SMILES string of the molecule is CC1CN(C(=O)C(=O)Nc2cnc(N)c3cn[nH]c23)C(c2ccc3scnc3c2)CN1C(=O)C1(C(F)(F)F)CC1. The number of nitrogens with two attached hydrogens (primary N) is 1. The van der Waals surface area contributed by atoms with E-state index in [1.807, 2.05) is 0 Å². The Labute approximate surface area is 228 Å². The minimum atomic E-state index is -4.67. The fourth-order valence-corrected chi connectivity index (χ4v) is 5.88. The standard InChI is InChI=1S/C25H23F3N8O3S/c1-12-9-36(22(38)21(37)33-16-8-30-20(29)14-7-32-34-19(14)16)17(13-2-3-18-15(6-13)31-11-40-18)10-35(12)23(39)24(4-5-24)25(26,27)28/h2-3,6-8,11-12,17H,4-5,9-10H2,1H3,(H2,29,30)(H,32,34)(H,33,37). The first-order valence-electron chi connectivity index (χ1n) is 12.4. The molecule has 0 bridgehead atoms. The third kappa shape index (κ3) is 4.11. The van der Waals surface area contributed by atoms with Gasteiger partial charge in [-0.15, -0.1) is 11.3 Å².